The fourth-order valence-electron chi connectivity index (χ4n) is 9.09. The Morgan fingerprint density at radius 2 is 1.08 bits per heavy atom. The number of para-hydroxylation sites is 1. The Bertz CT molecular complexity index is 2980. The van der Waals surface area contributed by atoms with Crippen LogP contribution in [0.25, 0.3) is 71.1 Å². The number of anilines is 3. The minimum Gasteiger partial charge on any atom is -0.310 e. The van der Waals surface area contributed by atoms with Crippen LogP contribution in [0.5, 0.6) is 0 Å². The van der Waals surface area contributed by atoms with E-state index in [4.69, 9.17) is 0 Å². The van der Waals surface area contributed by atoms with E-state index in [0.29, 0.717) is 0 Å². The SMILES string of the molecule is CC1(C)c2ccccc2-c2ccc(N(c3ccc(-c4ccccc4)cc3)c3ccc4c5ccc6cccc7c8ccccc8n(c4c3)c5c67)cc21. The molecule has 0 aliphatic heterocycles. The maximum absolute atomic E-state index is 2.51. The van der Waals surface area contributed by atoms with Gasteiger partial charge in [0, 0.05) is 44.0 Å². The van der Waals surface area contributed by atoms with Gasteiger partial charge in [-0.05, 0) is 86.6 Å². The van der Waals surface area contributed by atoms with Crippen LogP contribution in [0.3, 0.4) is 0 Å². The van der Waals surface area contributed by atoms with E-state index >= 15 is 0 Å². The Kier molecular flexibility index (Phi) is 5.76. The first-order valence-corrected chi connectivity index (χ1v) is 17.9. The quantitative estimate of drug-likeness (QED) is 0.136. The minimum absolute atomic E-state index is 0.0966. The predicted octanol–water partition coefficient (Wildman–Crippen LogP) is 13.4. The molecule has 0 atom stereocenters. The third-order valence-corrected chi connectivity index (χ3v) is 11.5. The molecule has 240 valence electrons. The van der Waals surface area contributed by atoms with Crippen molar-refractivity contribution in [1.29, 1.82) is 0 Å². The number of pyridine rings is 1. The van der Waals surface area contributed by atoms with Crippen LogP contribution < -0.4 is 4.90 Å². The zero-order valence-electron chi connectivity index (χ0n) is 28.6. The van der Waals surface area contributed by atoms with E-state index in [-0.39, 0.29) is 5.41 Å². The molecule has 11 rings (SSSR count). The van der Waals surface area contributed by atoms with Crippen LogP contribution in [0.4, 0.5) is 17.1 Å². The third kappa shape index (κ3) is 3.93. The lowest BCUT2D eigenvalue weighted by Gasteiger charge is -2.28. The summed E-state index contributed by atoms with van der Waals surface area (Å²) in [5.41, 5.74) is 14.9. The molecule has 2 heteroatoms. The van der Waals surface area contributed by atoms with E-state index in [1.807, 2.05) is 0 Å². The van der Waals surface area contributed by atoms with Crippen molar-refractivity contribution >= 4 is 65.9 Å². The summed E-state index contributed by atoms with van der Waals surface area (Å²) in [5.74, 6) is 0. The van der Waals surface area contributed by atoms with Crippen molar-refractivity contribution in [1.82, 2.24) is 4.40 Å². The van der Waals surface area contributed by atoms with Crippen molar-refractivity contribution in [3.63, 3.8) is 0 Å². The number of hydrogen-bond donors (Lipinski definition) is 0. The molecule has 51 heavy (non-hydrogen) atoms. The smallest absolute Gasteiger partial charge is 0.0626 e. The summed E-state index contributed by atoms with van der Waals surface area (Å²) in [6.45, 7) is 4.72. The summed E-state index contributed by atoms with van der Waals surface area (Å²) in [7, 11) is 0. The zero-order valence-corrected chi connectivity index (χ0v) is 28.6. The summed E-state index contributed by atoms with van der Waals surface area (Å²) in [4.78, 5) is 2.44. The predicted molar refractivity (Wildman–Crippen MR) is 216 cm³/mol. The number of hydrogen-bond acceptors (Lipinski definition) is 1. The van der Waals surface area contributed by atoms with Gasteiger partial charge < -0.3 is 9.30 Å². The molecule has 8 aromatic carbocycles. The maximum Gasteiger partial charge on any atom is 0.0626 e. The molecule has 1 aliphatic carbocycles. The van der Waals surface area contributed by atoms with Gasteiger partial charge in [-0.15, -0.1) is 0 Å². The van der Waals surface area contributed by atoms with Gasteiger partial charge in [-0.25, -0.2) is 0 Å². The van der Waals surface area contributed by atoms with Gasteiger partial charge in [-0.3, -0.25) is 0 Å². The molecule has 10 aromatic rings. The Labute approximate surface area is 296 Å². The molecule has 0 saturated carbocycles. The highest BCUT2D eigenvalue weighted by Crippen LogP contribution is 2.51. The first-order chi connectivity index (χ1) is 25.1. The first-order valence-electron chi connectivity index (χ1n) is 17.9. The lowest BCUT2D eigenvalue weighted by atomic mass is 9.82. The third-order valence-electron chi connectivity index (χ3n) is 11.5. The number of benzene rings is 8. The highest BCUT2D eigenvalue weighted by Gasteiger charge is 2.35. The highest BCUT2D eigenvalue weighted by atomic mass is 15.1. The maximum atomic E-state index is 2.51. The Morgan fingerprint density at radius 1 is 0.431 bits per heavy atom. The van der Waals surface area contributed by atoms with Gasteiger partial charge >= 0.3 is 0 Å². The fraction of sp³-hybridized carbons (Fsp3) is 0.0612. The van der Waals surface area contributed by atoms with E-state index in [1.54, 1.807) is 0 Å². The number of fused-ring (bicyclic) bond motifs is 9. The standard InChI is InChI=1S/C49H34N2/c1-49(2)43-17-8-6-14-37(43)38-27-24-35(29-44(38)49)50(34-22-19-32(20-23-34)31-11-4-3-5-12-31)36-25-28-40-42-26-21-33-13-10-16-41-39-15-7-9-18-45(39)51(46(40)30-36)48(42)47(33)41/h3-30H,1-2H3. The van der Waals surface area contributed by atoms with Crippen molar-refractivity contribution in [3.8, 4) is 22.3 Å². The van der Waals surface area contributed by atoms with Gasteiger partial charge in [0.05, 0.1) is 16.6 Å². The number of nitrogens with zero attached hydrogens (tertiary/aromatic N) is 2. The van der Waals surface area contributed by atoms with E-state index < -0.39 is 0 Å². The van der Waals surface area contributed by atoms with Crippen LogP contribution >= 0.6 is 0 Å². The second-order valence-electron chi connectivity index (χ2n) is 14.6. The first kappa shape index (κ1) is 28.5. The molecule has 0 unspecified atom stereocenters. The molecule has 0 saturated heterocycles. The topological polar surface area (TPSA) is 7.65 Å². The van der Waals surface area contributed by atoms with E-state index in [0.717, 1.165) is 17.1 Å². The van der Waals surface area contributed by atoms with Crippen molar-refractivity contribution < 1.29 is 0 Å². The molecule has 2 aromatic heterocycles. The summed E-state index contributed by atoms with van der Waals surface area (Å²) in [6, 6.07) is 62.9. The van der Waals surface area contributed by atoms with Gasteiger partial charge in [0.25, 0.3) is 0 Å². The lowest BCUT2D eigenvalue weighted by Crippen LogP contribution is -2.16. The lowest BCUT2D eigenvalue weighted by molar-refractivity contribution is 0.660. The summed E-state index contributed by atoms with van der Waals surface area (Å²) < 4.78 is 2.51. The highest BCUT2D eigenvalue weighted by molar-refractivity contribution is 6.28. The molecule has 0 bridgehead atoms. The van der Waals surface area contributed by atoms with E-state index in [9.17, 15) is 0 Å². The van der Waals surface area contributed by atoms with Crippen LogP contribution in [-0.2, 0) is 5.41 Å². The van der Waals surface area contributed by atoms with Gasteiger partial charge in [0.1, 0.15) is 0 Å². The van der Waals surface area contributed by atoms with Crippen LogP contribution in [0, 0.1) is 0 Å². The van der Waals surface area contributed by atoms with Crippen molar-refractivity contribution in [2.24, 2.45) is 0 Å². The summed E-state index contributed by atoms with van der Waals surface area (Å²) in [6.07, 6.45) is 0. The Balaban J connectivity index is 1.17. The van der Waals surface area contributed by atoms with Crippen LogP contribution in [0.15, 0.2) is 170 Å². The molecule has 0 spiro atoms. The number of aromatic nitrogens is 1. The number of rotatable bonds is 4. The van der Waals surface area contributed by atoms with Crippen LogP contribution in [-0.4, -0.2) is 4.40 Å². The normalized spacial score (nSPS) is 13.5. The van der Waals surface area contributed by atoms with Crippen LogP contribution in [0.1, 0.15) is 25.0 Å². The second-order valence-corrected chi connectivity index (χ2v) is 14.6. The summed E-state index contributed by atoms with van der Waals surface area (Å²) >= 11 is 0. The minimum atomic E-state index is -0.0966. The molecule has 0 N–H and O–H groups in total. The average molecular weight is 651 g/mol. The monoisotopic (exact) mass is 650 g/mol. The van der Waals surface area contributed by atoms with Gasteiger partial charge in [0.2, 0.25) is 0 Å². The van der Waals surface area contributed by atoms with Gasteiger partial charge in [0.15, 0.2) is 0 Å². The molecular weight excluding hydrogens is 617 g/mol. The molecule has 2 heterocycles. The average Bonchev–Trinajstić information content (AvgIpc) is 3.64. The Morgan fingerprint density at radius 3 is 1.96 bits per heavy atom. The Hall–Kier alpha value is -6.38. The van der Waals surface area contributed by atoms with Crippen molar-refractivity contribution in [3.05, 3.63) is 181 Å². The molecule has 0 amide bonds. The van der Waals surface area contributed by atoms with Crippen LogP contribution in [0.2, 0.25) is 0 Å². The molecule has 0 radical (unpaired) electrons. The zero-order chi connectivity index (χ0) is 33.8. The second kappa shape index (κ2) is 10.3. The van der Waals surface area contributed by atoms with Gasteiger partial charge in [-0.2, -0.15) is 0 Å². The van der Waals surface area contributed by atoms with E-state index in [2.05, 4.69) is 193 Å². The van der Waals surface area contributed by atoms with Gasteiger partial charge in [-0.1, -0.05) is 141 Å². The fourth-order valence-corrected chi connectivity index (χ4v) is 9.09. The van der Waals surface area contributed by atoms with Crippen molar-refractivity contribution in [2.45, 2.75) is 19.3 Å². The summed E-state index contributed by atoms with van der Waals surface area (Å²) in [5, 5.41) is 7.76. The largest absolute Gasteiger partial charge is 0.310 e. The molecule has 0 fully saturated rings. The molecular formula is C49H34N2. The molecule has 1 aliphatic rings. The van der Waals surface area contributed by atoms with Crippen molar-refractivity contribution in [2.75, 3.05) is 4.90 Å². The van der Waals surface area contributed by atoms with E-state index in [1.165, 1.54) is 82.2 Å². The molecule has 2 nitrogen and oxygen atoms in total.